The van der Waals surface area contributed by atoms with Gasteiger partial charge in [-0.05, 0) is 31.5 Å². The lowest BCUT2D eigenvalue weighted by Gasteiger charge is -2.07. The number of aryl methyl sites for hydroxylation is 1. The average molecular weight is 361 g/mol. The Morgan fingerprint density at radius 1 is 1.32 bits per heavy atom. The van der Waals surface area contributed by atoms with Gasteiger partial charge < -0.3 is 15.0 Å². The monoisotopic (exact) mass is 361 g/mol. The Morgan fingerprint density at radius 2 is 2.12 bits per heavy atom. The number of thioether (sulfide) groups is 1. The number of nitrogens with one attached hydrogen (secondary N) is 2. The number of benzene rings is 1. The Balaban J connectivity index is 1.94. The molecule has 0 fully saturated rings. The van der Waals surface area contributed by atoms with Crippen LogP contribution in [0.25, 0.3) is 0 Å². The quantitative estimate of drug-likeness (QED) is 0.446. The fraction of sp³-hybridized carbons (Fsp3) is 0.294. The lowest BCUT2D eigenvalue weighted by atomic mass is 10.2. The van der Waals surface area contributed by atoms with Crippen molar-refractivity contribution in [2.24, 2.45) is 0 Å². The molecule has 25 heavy (non-hydrogen) atoms. The summed E-state index contributed by atoms with van der Waals surface area (Å²) in [6.07, 6.45) is 0.745. The molecule has 0 saturated carbocycles. The van der Waals surface area contributed by atoms with Crippen LogP contribution in [0, 0.1) is 6.92 Å². The molecule has 0 atom stereocenters. The molecular formula is C17H19N3O4S. The third kappa shape index (κ3) is 6.07. The van der Waals surface area contributed by atoms with Crippen LogP contribution in [0.15, 0.2) is 40.3 Å². The van der Waals surface area contributed by atoms with Crippen LogP contribution < -0.4 is 10.9 Å². The minimum absolute atomic E-state index is 0.0803. The molecule has 0 unspecified atom stereocenters. The fourth-order valence-corrected chi connectivity index (χ4v) is 2.67. The van der Waals surface area contributed by atoms with E-state index in [4.69, 9.17) is 4.74 Å². The molecule has 0 saturated heterocycles. The molecule has 0 aliphatic rings. The van der Waals surface area contributed by atoms with E-state index in [1.165, 1.54) is 6.07 Å². The van der Waals surface area contributed by atoms with Gasteiger partial charge in [-0.25, -0.2) is 9.78 Å². The van der Waals surface area contributed by atoms with Gasteiger partial charge in [0.2, 0.25) is 5.91 Å². The number of hydrogen-bond donors (Lipinski definition) is 2. The number of H-pyrrole nitrogens is 1. The first-order valence-electron chi connectivity index (χ1n) is 7.75. The molecule has 132 valence electrons. The van der Waals surface area contributed by atoms with Crippen LogP contribution in [0.4, 0.5) is 5.69 Å². The maximum absolute atomic E-state index is 12.0. The lowest BCUT2D eigenvalue weighted by molar-refractivity contribution is -0.113. The van der Waals surface area contributed by atoms with Gasteiger partial charge in [-0.15, -0.1) is 0 Å². The van der Waals surface area contributed by atoms with E-state index < -0.39 is 5.97 Å². The van der Waals surface area contributed by atoms with Gasteiger partial charge in [-0.3, -0.25) is 9.59 Å². The summed E-state index contributed by atoms with van der Waals surface area (Å²) in [7, 11) is 0. The van der Waals surface area contributed by atoms with Crippen LogP contribution in [-0.4, -0.2) is 34.2 Å². The van der Waals surface area contributed by atoms with Crippen molar-refractivity contribution in [3.05, 3.63) is 51.9 Å². The number of ether oxygens (including phenoxy) is 1. The minimum atomic E-state index is -0.422. The summed E-state index contributed by atoms with van der Waals surface area (Å²) >= 11 is 1.13. The number of rotatable bonds is 7. The first-order valence-corrected chi connectivity index (χ1v) is 8.74. The lowest BCUT2D eigenvalue weighted by Crippen LogP contribution is -2.16. The summed E-state index contributed by atoms with van der Waals surface area (Å²) in [4.78, 5) is 42.0. The van der Waals surface area contributed by atoms with Crippen molar-refractivity contribution in [1.82, 2.24) is 9.97 Å². The summed E-state index contributed by atoms with van der Waals surface area (Å²) in [5, 5.41) is 3.09. The molecule has 1 aromatic heterocycles. The van der Waals surface area contributed by atoms with Crippen LogP contribution in [0.5, 0.6) is 0 Å². The number of anilines is 1. The first kappa shape index (κ1) is 18.7. The molecular weight excluding hydrogens is 342 g/mol. The summed E-state index contributed by atoms with van der Waals surface area (Å²) in [5.74, 6) is -0.612. The zero-order valence-corrected chi connectivity index (χ0v) is 14.8. The number of nitrogens with zero attached hydrogens (tertiary/aromatic N) is 1. The number of hydrogen-bond acceptors (Lipinski definition) is 6. The number of aromatic nitrogens is 2. The normalized spacial score (nSPS) is 10.3. The van der Waals surface area contributed by atoms with Gasteiger partial charge in [-0.2, -0.15) is 0 Å². The highest BCUT2D eigenvalue weighted by molar-refractivity contribution is 7.99. The van der Waals surface area contributed by atoms with Gasteiger partial charge in [0.25, 0.3) is 5.56 Å². The highest BCUT2D eigenvalue weighted by Gasteiger charge is 2.10. The van der Waals surface area contributed by atoms with Gasteiger partial charge in [0.15, 0.2) is 5.16 Å². The van der Waals surface area contributed by atoms with Crippen molar-refractivity contribution in [2.75, 3.05) is 17.7 Å². The number of aromatic amines is 1. The topological polar surface area (TPSA) is 101 Å². The number of esters is 1. The molecule has 8 heteroatoms. The molecule has 1 amide bonds. The maximum Gasteiger partial charge on any atom is 0.338 e. The van der Waals surface area contributed by atoms with Crippen LogP contribution in [-0.2, 0) is 9.53 Å². The van der Waals surface area contributed by atoms with Crippen molar-refractivity contribution < 1.29 is 14.3 Å². The van der Waals surface area contributed by atoms with Crippen molar-refractivity contribution in [3.8, 4) is 0 Å². The largest absolute Gasteiger partial charge is 0.462 e. The Bertz CT molecular complexity index is 820. The second kappa shape index (κ2) is 9.03. The van der Waals surface area contributed by atoms with E-state index in [0.29, 0.717) is 28.7 Å². The van der Waals surface area contributed by atoms with Gasteiger partial charge in [-0.1, -0.05) is 24.8 Å². The van der Waals surface area contributed by atoms with Crippen LogP contribution in [0.2, 0.25) is 0 Å². The van der Waals surface area contributed by atoms with Gasteiger partial charge in [0.1, 0.15) is 0 Å². The first-order chi connectivity index (χ1) is 12.0. The van der Waals surface area contributed by atoms with Crippen molar-refractivity contribution in [3.63, 3.8) is 0 Å². The molecule has 0 radical (unpaired) electrons. The van der Waals surface area contributed by atoms with Crippen molar-refractivity contribution in [1.29, 1.82) is 0 Å². The van der Waals surface area contributed by atoms with E-state index in [2.05, 4.69) is 15.3 Å². The third-order valence-electron chi connectivity index (χ3n) is 3.01. The predicted molar refractivity (Wildman–Crippen MR) is 96.0 cm³/mol. The fourth-order valence-electron chi connectivity index (χ4n) is 1.95. The third-order valence-corrected chi connectivity index (χ3v) is 3.88. The maximum atomic E-state index is 12.0. The Hall–Kier alpha value is -2.61. The molecule has 0 aliphatic carbocycles. The van der Waals surface area contributed by atoms with Gasteiger partial charge in [0.05, 0.1) is 17.9 Å². The summed E-state index contributed by atoms with van der Waals surface area (Å²) in [6, 6.07) is 7.93. The van der Waals surface area contributed by atoms with E-state index in [1.54, 1.807) is 31.2 Å². The minimum Gasteiger partial charge on any atom is -0.462 e. The molecule has 0 aliphatic heterocycles. The summed E-state index contributed by atoms with van der Waals surface area (Å²) in [5.41, 5.74) is 1.21. The van der Waals surface area contributed by atoms with Gasteiger partial charge >= 0.3 is 5.97 Å². The summed E-state index contributed by atoms with van der Waals surface area (Å²) < 4.78 is 5.07. The molecule has 1 heterocycles. The second-order valence-corrected chi connectivity index (χ2v) is 6.21. The van der Waals surface area contributed by atoms with Crippen LogP contribution >= 0.6 is 11.8 Å². The number of carbonyl (C=O) groups excluding carboxylic acids is 2. The zero-order chi connectivity index (χ0) is 18.2. The van der Waals surface area contributed by atoms with Crippen LogP contribution in [0.1, 0.15) is 29.4 Å². The average Bonchev–Trinajstić information content (AvgIpc) is 2.57. The van der Waals surface area contributed by atoms with E-state index >= 15 is 0 Å². The SMILES string of the molecule is CCCOC(=O)c1cccc(NC(=O)CSc2nc(C)cc(=O)[nH]2)c1. The Labute approximate surface area is 149 Å². The van der Waals surface area contributed by atoms with Crippen LogP contribution in [0.3, 0.4) is 0 Å². The smallest absolute Gasteiger partial charge is 0.338 e. The Kier molecular flexibility index (Phi) is 6.76. The molecule has 7 nitrogen and oxygen atoms in total. The van der Waals surface area contributed by atoms with Crippen molar-refractivity contribution in [2.45, 2.75) is 25.4 Å². The Morgan fingerprint density at radius 3 is 2.84 bits per heavy atom. The van der Waals surface area contributed by atoms with Gasteiger partial charge in [0, 0.05) is 17.4 Å². The molecule has 0 spiro atoms. The highest BCUT2D eigenvalue weighted by Crippen LogP contribution is 2.15. The molecule has 2 N–H and O–H groups in total. The van der Waals surface area contributed by atoms with E-state index in [1.807, 2.05) is 6.92 Å². The molecule has 1 aromatic carbocycles. The second-order valence-electron chi connectivity index (χ2n) is 5.25. The molecule has 2 aromatic rings. The molecule has 0 bridgehead atoms. The number of carbonyl (C=O) groups is 2. The molecule has 2 rings (SSSR count). The highest BCUT2D eigenvalue weighted by atomic mass is 32.2. The van der Waals surface area contributed by atoms with E-state index in [-0.39, 0.29) is 17.2 Å². The predicted octanol–water partition coefficient (Wildman–Crippen LogP) is 2.38. The van der Waals surface area contributed by atoms with Crippen molar-refractivity contribution >= 4 is 29.3 Å². The standard InChI is InChI=1S/C17H19N3O4S/c1-3-7-24-16(23)12-5-4-6-13(9-12)19-15(22)10-25-17-18-11(2)8-14(21)20-17/h4-6,8-9H,3,7,10H2,1-2H3,(H,19,22)(H,18,20,21). The zero-order valence-electron chi connectivity index (χ0n) is 14.0. The summed E-state index contributed by atoms with van der Waals surface area (Å²) in [6.45, 7) is 3.98. The number of amides is 1. The van der Waals surface area contributed by atoms with E-state index in [9.17, 15) is 14.4 Å². The van der Waals surface area contributed by atoms with E-state index in [0.717, 1.165) is 18.2 Å².